The summed E-state index contributed by atoms with van der Waals surface area (Å²) in [5.41, 5.74) is 4.14. The molecule has 0 aliphatic carbocycles. The van der Waals surface area contributed by atoms with Crippen molar-refractivity contribution in [1.82, 2.24) is 9.88 Å². The molecule has 2 aromatic carbocycles. The number of rotatable bonds is 3. The van der Waals surface area contributed by atoms with Crippen molar-refractivity contribution in [1.29, 1.82) is 0 Å². The van der Waals surface area contributed by atoms with Crippen molar-refractivity contribution >= 4 is 16.8 Å². The standard InChI is InChI=1S/C20H20F2N2O/c1-11-7-12(2)15-10-19(23-18(15)8-11)20(25)24(4)13(3)14-5-6-16(21)17(22)9-14/h5-10,13,23H,1-4H3. The summed E-state index contributed by atoms with van der Waals surface area (Å²) < 4.78 is 26.6. The number of nitrogens with zero attached hydrogens (tertiary/aromatic N) is 1. The van der Waals surface area contributed by atoms with Crippen LogP contribution < -0.4 is 0 Å². The summed E-state index contributed by atoms with van der Waals surface area (Å²) in [4.78, 5) is 17.5. The molecule has 0 saturated carbocycles. The van der Waals surface area contributed by atoms with Gasteiger partial charge in [0.1, 0.15) is 5.69 Å². The normalized spacial score (nSPS) is 12.4. The fraction of sp³-hybridized carbons (Fsp3) is 0.250. The molecule has 130 valence electrons. The molecule has 0 aliphatic rings. The molecule has 0 radical (unpaired) electrons. The minimum Gasteiger partial charge on any atom is -0.351 e. The van der Waals surface area contributed by atoms with E-state index in [4.69, 9.17) is 0 Å². The Bertz CT molecular complexity index is 962. The minimum atomic E-state index is -0.915. The number of amides is 1. The van der Waals surface area contributed by atoms with Gasteiger partial charge in [-0.25, -0.2) is 8.78 Å². The van der Waals surface area contributed by atoms with E-state index in [0.717, 1.165) is 34.2 Å². The van der Waals surface area contributed by atoms with Crippen LogP contribution in [0.1, 0.15) is 40.1 Å². The van der Waals surface area contributed by atoms with Crippen molar-refractivity contribution in [2.75, 3.05) is 7.05 Å². The van der Waals surface area contributed by atoms with Gasteiger partial charge in [0.15, 0.2) is 11.6 Å². The predicted molar refractivity (Wildman–Crippen MR) is 94.6 cm³/mol. The molecule has 1 heterocycles. The first-order valence-electron chi connectivity index (χ1n) is 8.10. The van der Waals surface area contributed by atoms with Crippen LogP contribution in [0.5, 0.6) is 0 Å². The summed E-state index contributed by atoms with van der Waals surface area (Å²) in [5, 5.41) is 1.00. The van der Waals surface area contributed by atoms with Crippen molar-refractivity contribution in [2.24, 2.45) is 0 Å². The second-order valence-electron chi connectivity index (χ2n) is 6.49. The van der Waals surface area contributed by atoms with Gasteiger partial charge in [0.05, 0.1) is 6.04 Å². The second kappa shape index (κ2) is 6.31. The number of nitrogens with one attached hydrogen (secondary N) is 1. The lowest BCUT2D eigenvalue weighted by Gasteiger charge is -2.25. The Kier molecular flexibility index (Phi) is 4.33. The highest BCUT2D eigenvalue weighted by molar-refractivity contribution is 5.99. The van der Waals surface area contributed by atoms with Gasteiger partial charge >= 0.3 is 0 Å². The smallest absolute Gasteiger partial charge is 0.270 e. The molecule has 1 amide bonds. The first-order chi connectivity index (χ1) is 11.8. The highest BCUT2D eigenvalue weighted by Crippen LogP contribution is 2.25. The zero-order valence-electron chi connectivity index (χ0n) is 14.7. The average molecular weight is 342 g/mol. The van der Waals surface area contributed by atoms with E-state index in [9.17, 15) is 13.6 Å². The molecule has 1 atom stereocenters. The third-order valence-corrected chi connectivity index (χ3v) is 4.65. The molecule has 3 rings (SSSR count). The molecule has 1 unspecified atom stereocenters. The zero-order chi connectivity index (χ0) is 18.3. The molecule has 0 aliphatic heterocycles. The molecule has 3 aromatic rings. The number of halogens is 2. The van der Waals surface area contributed by atoms with Crippen LogP contribution in [0.3, 0.4) is 0 Å². The van der Waals surface area contributed by atoms with Crippen LogP contribution >= 0.6 is 0 Å². The Balaban J connectivity index is 1.91. The van der Waals surface area contributed by atoms with Crippen LogP contribution in [0.4, 0.5) is 8.78 Å². The lowest BCUT2D eigenvalue weighted by molar-refractivity contribution is 0.0737. The summed E-state index contributed by atoms with van der Waals surface area (Å²) in [6, 6.07) is 9.20. The number of fused-ring (bicyclic) bond motifs is 1. The maximum absolute atomic E-state index is 13.5. The van der Waals surface area contributed by atoms with Crippen LogP contribution in [0.2, 0.25) is 0 Å². The monoisotopic (exact) mass is 342 g/mol. The topological polar surface area (TPSA) is 36.1 Å². The molecule has 25 heavy (non-hydrogen) atoms. The fourth-order valence-corrected chi connectivity index (χ4v) is 3.08. The fourth-order valence-electron chi connectivity index (χ4n) is 3.08. The van der Waals surface area contributed by atoms with Crippen LogP contribution in [-0.4, -0.2) is 22.8 Å². The third kappa shape index (κ3) is 3.14. The molecule has 0 spiro atoms. The third-order valence-electron chi connectivity index (χ3n) is 4.65. The molecular formula is C20H20F2N2O. The molecule has 1 N–H and O–H groups in total. The van der Waals surface area contributed by atoms with E-state index in [2.05, 4.69) is 11.1 Å². The van der Waals surface area contributed by atoms with E-state index in [1.54, 1.807) is 14.0 Å². The van der Waals surface area contributed by atoms with Gasteiger partial charge in [0, 0.05) is 18.0 Å². The number of aromatic amines is 1. The van der Waals surface area contributed by atoms with Gasteiger partial charge in [0.25, 0.3) is 5.91 Å². The van der Waals surface area contributed by atoms with Gasteiger partial charge < -0.3 is 9.88 Å². The number of benzene rings is 2. The summed E-state index contributed by atoms with van der Waals surface area (Å²) in [6.07, 6.45) is 0. The van der Waals surface area contributed by atoms with Gasteiger partial charge in [-0.2, -0.15) is 0 Å². The van der Waals surface area contributed by atoms with Crippen LogP contribution in [0, 0.1) is 25.5 Å². The molecular weight excluding hydrogens is 322 g/mol. The molecule has 0 saturated heterocycles. The van der Waals surface area contributed by atoms with Gasteiger partial charge in [0.2, 0.25) is 0 Å². The average Bonchev–Trinajstić information content (AvgIpc) is 2.99. The second-order valence-corrected chi connectivity index (χ2v) is 6.49. The number of carbonyl (C=O) groups excluding carboxylic acids is 1. The van der Waals surface area contributed by atoms with Crippen molar-refractivity contribution in [2.45, 2.75) is 26.8 Å². The lowest BCUT2D eigenvalue weighted by atomic mass is 10.1. The van der Waals surface area contributed by atoms with E-state index in [-0.39, 0.29) is 5.91 Å². The van der Waals surface area contributed by atoms with Crippen molar-refractivity contribution in [3.63, 3.8) is 0 Å². The number of carbonyl (C=O) groups is 1. The summed E-state index contributed by atoms with van der Waals surface area (Å²) in [7, 11) is 1.65. The number of hydrogen-bond donors (Lipinski definition) is 1. The molecule has 3 nitrogen and oxygen atoms in total. The summed E-state index contributed by atoms with van der Waals surface area (Å²) >= 11 is 0. The van der Waals surface area contributed by atoms with Crippen LogP contribution in [0.15, 0.2) is 36.4 Å². The maximum atomic E-state index is 13.5. The number of hydrogen-bond acceptors (Lipinski definition) is 1. The van der Waals surface area contributed by atoms with Crippen molar-refractivity contribution in [3.05, 3.63) is 70.4 Å². The summed E-state index contributed by atoms with van der Waals surface area (Å²) in [6.45, 7) is 5.79. The van der Waals surface area contributed by atoms with Gasteiger partial charge in [-0.3, -0.25) is 4.79 Å². The lowest BCUT2D eigenvalue weighted by Crippen LogP contribution is -2.30. The van der Waals surface area contributed by atoms with Crippen LogP contribution in [-0.2, 0) is 0 Å². The number of aromatic nitrogens is 1. The van der Waals surface area contributed by atoms with Gasteiger partial charge in [-0.05, 0) is 61.7 Å². The molecule has 0 bridgehead atoms. The minimum absolute atomic E-state index is 0.203. The largest absolute Gasteiger partial charge is 0.351 e. The Morgan fingerprint density at radius 3 is 2.48 bits per heavy atom. The quantitative estimate of drug-likeness (QED) is 0.722. The Labute approximate surface area is 145 Å². The molecule has 5 heteroatoms. The van der Waals surface area contributed by atoms with E-state index in [0.29, 0.717) is 11.3 Å². The van der Waals surface area contributed by atoms with E-state index in [1.807, 2.05) is 26.0 Å². The first kappa shape index (κ1) is 17.1. The van der Waals surface area contributed by atoms with E-state index < -0.39 is 17.7 Å². The number of aryl methyl sites for hydroxylation is 2. The van der Waals surface area contributed by atoms with Crippen molar-refractivity contribution in [3.8, 4) is 0 Å². The Hall–Kier alpha value is -2.69. The number of H-pyrrole nitrogens is 1. The Morgan fingerprint density at radius 2 is 1.80 bits per heavy atom. The Morgan fingerprint density at radius 1 is 1.08 bits per heavy atom. The zero-order valence-corrected chi connectivity index (χ0v) is 14.7. The van der Waals surface area contributed by atoms with Crippen LogP contribution in [0.25, 0.3) is 10.9 Å². The van der Waals surface area contributed by atoms with E-state index in [1.165, 1.54) is 11.0 Å². The highest BCUT2D eigenvalue weighted by atomic mass is 19.2. The summed E-state index contributed by atoms with van der Waals surface area (Å²) in [5.74, 6) is -2.02. The van der Waals surface area contributed by atoms with Gasteiger partial charge in [-0.15, -0.1) is 0 Å². The van der Waals surface area contributed by atoms with Gasteiger partial charge in [-0.1, -0.05) is 12.1 Å². The maximum Gasteiger partial charge on any atom is 0.270 e. The highest BCUT2D eigenvalue weighted by Gasteiger charge is 2.21. The SMILES string of the molecule is Cc1cc(C)c2cc(C(=O)N(C)C(C)c3ccc(F)c(F)c3)[nH]c2c1. The first-order valence-corrected chi connectivity index (χ1v) is 8.10. The molecule has 1 aromatic heterocycles. The predicted octanol–water partition coefficient (Wildman–Crippen LogP) is 4.90. The van der Waals surface area contributed by atoms with E-state index >= 15 is 0 Å². The van der Waals surface area contributed by atoms with Crippen molar-refractivity contribution < 1.29 is 13.6 Å². The molecule has 0 fully saturated rings.